The summed E-state index contributed by atoms with van der Waals surface area (Å²) in [5.74, 6) is 0.539. The van der Waals surface area contributed by atoms with Crippen LogP contribution in [0.15, 0.2) is 47.4 Å². The van der Waals surface area contributed by atoms with Crippen LogP contribution in [0.1, 0.15) is 18.4 Å². The first-order valence-electron chi connectivity index (χ1n) is 8.83. The molecule has 1 saturated heterocycles. The van der Waals surface area contributed by atoms with Crippen molar-refractivity contribution in [2.75, 3.05) is 20.2 Å². The smallest absolute Gasteiger partial charge is 0.223 e. The fourth-order valence-corrected chi connectivity index (χ4v) is 4.33. The first kappa shape index (κ1) is 20.0. The van der Waals surface area contributed by atoms with E-state index in [2.05, 4.69) is 9.62 Å². The van der Waals surface area contributed by atoms with Gasteiger partial charge in [0, 0.05) is 35.5 Å². The predicted molar refractivity (Wildman–Crippen MR) is 106 cm³/mol. The number of benzene rings is 2. The Hall–Kier alpha value is -1.76. The molecule has 0 spiro atoms. The molecule has 7 heteroatoms. The molecule has 27 heavy (non-hydrogen) atoms. The van der Waals surface area contributed by atoms with Crippen LogP contribution in [0.2, 0.25) is 5.02 Å². The second-order valence-electron chi connectivity index (χ2n) is 6.47. The van der Waals surface area contributed by atoms with Crippen molar-refractivity contribution in [3.63, 3.8) is 0 Å². The summed E-state index contributed by atoms with van der Waals surface area (Å²) in [6.45, 7) is 2.08. The van der Waals surface area contributed by atoms with Crippen LogP contribution >= 0.6 is 23.5 Å². The van der Waals surface area contributed by atoms with Gasteiger partial charge in [-0.2, -0.15) is 0 Å². The molecule has 0 aliphatic carbocycles. The van der Waals surface area contributed by atoms with Crippen molar-refractivity contribution in [1.29, 1.82) is 0 Å². The van der Waals surface area contributed by atoms with E-state index in [0.717, 1.165) is 42.1 Å². The Labute approximate surface area is 168 Å². The van der Waals surface area contributed by atoms with Gasteiger partial charge >= 0.3 is 0 Å². The van der Waals surface area contributed by atoms with Gasteiger partial charge in [-0.25, -0.2) is 8.70 Å². The molecule has 1 amide bonds. The molecule has 1 N–H and O–H groups in total. The van der Waals surface area contributed by atoms with Crippen molar-refractivity contribution >= 4 is 29.5 Å². The fourth-order valence-electron chi connectivity index (χ4n) is 3.00. The van der Waals surface area contributed by atoms with E-state index in [4.69, 9.17) is 16.3 Å². The van der Waals surface area contributed by atoms with Crippen LogP contribution in [0.3, 0.4) is 0 Å². The number of carbonyl (C=O) groups is 1. The largest absolute Gasteiger partial charge is 0.497 e. The number of amides is 1. The average Bonchev–Trinajstić information content (AvgIpc) is 2.67. The van der Waals surface area contributed by atoms with Gasteiger partial charge in [-0.1, -0.05) is 23.7 Å². The Balaban J connectivity index is 1.46. The van der Waals surface area contributed by atoms with E-state index in [-0.39, 0.29) is 17.6 Å². The number of methoxy groups -OCH3 is 1. The van der Waals surface area contributed by atoms with Gasteiger partial charge in [0.05, 0.1) is 7.11 Å². The van der Waals surface area contributed by atoms with Crippen LogP contribution in [0.4, 0.5) is 4.39 Å². The molecule has 1 fully saturated rings. The number of hydrogen-bond acceptors (Lipinski definition) is 4. The molecule has 0 aromatic heterocycles. The van der Waals surface area contributed by atoms with Gasteiger partial charge in [0.25, 0.3) is 0 Å². The van der Waals surface area contributed by atoms with E-state index in [0.29, 0.717) is 11.6 Å². The fraction of sp³-hybridized carbons (Fsp3) is 0.350. The third kappa shape index (κ3) is 5.86. The maximum absolute atomic E-state index is 12.9. The lowest BCUT2D eigenvalue weighted by Crippen LogP contribution is -2.37. The Morgan fingerprint density at radius 1 is 1.26 bits per heavy atom. The number of carbonyl (C=O) groups excluding carboxylic acids is 1. The Bertz CT molecular complexity index is 780. The summed E-state index contributed by atoms with van der Waals surface area (Å²) in [7, 11) is 1.62. The summed E-state index contributed by atoms with van der Waals surface area (Å²) in [5, 5.41) is 3.60. The highest BCUT2D eigenvalue weighted by Crippen LogP contribution is 2.32. The standard InChI is InChI=1S/C20H22ClFN2O2S/c1-26-18-10-16(21)11-19(12-18)27-24-8-6-15(7-9-24)20(25)23-13-14-2-4-17(22)5-3-14/h2-5,10-12,15H,6-9,13H2,1H3,(H,23,25). The monoisotopic (exact) mass is 408 g/mol. The number of hydrogen-bond donors (Lipinski definition) is 1. The molecule has 0 saturated carbocycles. The lowest BCUT2D eigenvalue weighted by atomic mass is 9.97. The summed E-state index contributed by atoms with van der Waals surface area (Å²) in [5.41, 5.74) is 0.896. The molecule has 0 radical (unpaired) electrons. The minimum atomic E-state index is -0.271. The number of ether oxygens (including phenoxy) is 1. The normalized spacial score (nSPS) is 15.5. The quantitative estimate of drug-likeness (QED) is 0.713. The van der Waals surface area contributed by atoms with Crippen LogP contribution in [0.5, 0.6) is 5.75 Å². The average molecular weight is 409 g/mol. The third-order valence-corrected chi connectivity index (χ3v) is 5.81. The summed E-state index contributed by atoms with van der Waals surface area (Å²) in [6.07, 6.45) is 1.61. The van der Waals surface area contributed by atoms with Gasteiger partial charge in [0.2, 0.25) is 5.91 Å². The van der Waals surface area contributed by atoms with E-state index >= 15 is 0 Å². The molecule has 0 unspecified atom stereocenters. The Kier molecular flexibility index (Phi) is 6.99. The number of piperidine rings is 1. The van der Waals surface area contributed by atoms with Crippen LogP contribution in [-0.2, 0) is 11.3 Å². The van der Waals surface area contributed by atoms with E-state index in [1.807, 2.05) is 12.1 Å². The molecule has 1 aliphatic rings. The van der Waals surface area contributed by atoms with Crippen LogP contribution < -0.4 is 10.1 Å². The zero-order valence-corrected chi connectivity index (χ0v) is 16.7. The molecule has 2 aromatic carbocycles. The van der Waals surface area contributed by atoms with Crippen LogP contribution in [0.25, 0.3) is 0 Å². The van der Waals surface area contributed by atoms with Crippen molar-refractivity contribution in [3.05, 3.63) is 58.9 Å². The molecular weight excluding hydrogens is 387 g/mol. The van der Waals surface area contributed by atoms with Gasteiger partial charge in [0.15, 0.2) is 0 Å². The first-order valence-corrected chi connectivity index (χ1v) is 9.98. The van der Waals surface area contributed by atoms with E-state index in [9.17, 15) is 9.18 Å². The van der Waals surface area contributed by atoms with Crippen molar-refractivity contribution in [2.24, 2.45) is 5.92 Å². The molecule has 144 valence electrons. The minimum absolute atomic E-state index is 0.0104. The highest BCUT2D eigenvalue weighted by molar-refractivity contribution is 7.97. The second kappa shape index (κ2) is 9.44. The SMILES string of the molecule is COc1cc(Cl)cc(SN2CCC(C(=O)NCc3ccc(F)cc3)CC2)c1. The van der Waals surface area contributed by atoms with Gasteiger partial charge in [-0.05, 0) is 60.7 Å². The topological polar surface area (TPSA) is 41.6 Å². The number of nitrogens with one attached hydrogen (secondary N) is 1. The molecule has 0 bridgehead atoms. The number of rotatable bonds is 6. The second-order valence-corrected chi connectivity index (χ2v) is 8.07. The Morgan fingerprint density at radius 3 is 2.63 bits per heavy atom. The predicted octanol–water partition coefficient (Wildman–Crippen LogP) is 4.52. The van der Waals surface area contributed by atoms with E-state index in [1.165, 1.54) is 12.1 Å². The molecule has 3 rings (SSSR count). The minimum Gasteiger partial charge on any atom is -0.497 e. The van der Waals surface area contributed by atoms with Gasteiger partial charge < -0.3 is 10.1 Å². The molecule has 2 aromatic rings. The van der Waals surface area contributed by atoms with Gasteiger partial charge in [-0.15, -0.1) is 0 Å². The third-order valence-electron chi connectivity index (χ3n) is 4.52. The zero-order chi connectivity index (χ0) is 19.2. The molecule has 0 atom stereocenters. The molecule has 1 heterocycles. The molecule has 4 nitrogen and oxygen atoms in total. The zero-order valence-electron chi connectivity index (χ0n) is 15.1. The highest BCUT2D eigenvalue weighted by atomic mass is 35.5. The number of halogens is 2. The van der Waals surface area contributed by atoms with Gasteiger partial charge in [0.1, 0.15) is 11.6 Å². The first-order chi connectivity index (χ1) is 13.0. The van der Waals surface area contributed by atoms with E-state index in [1.54, 1.807) is 37.3 Å². The van der Waals surface area contributed by atoms with Crippen molar-refractivity contribution in [3.8, 4) is 5.75 Å². The maximum atomic E-state index is 12.9. The highest BCUT2D eigenvalue weighted by Gasteiger charge is 2.25. The van der Waals surface area contributed by atoms with Crippen molar-refractivity contribution in [2.45, 2.75) is 24.3 Å². The summed E-state index contributed by atoms with van der Waals surface area (Å²) in [4.78, 5) is 13.4. The van der Waals surface area contributed by atoms with E-state index < -0.39 is 0 Å². The summed E-state index contributed by atoms with van der Waals surface area (Å²) < 4.78 is 20.4. The van der Waals surface area contributed by atoms with Crippen LogP contribution in [-0.4, -0.2) is 30.4 Å². The van der Waals surface area contributed by atoms with Crippen LogP contribution in [0, 0.1) is 11.7 Å². The number of nitrogens with zero attached hydrogens (tertiary/aromatic N) is 1. The maximum Gasteiger partial charge on any atom is 0.223 e. The molecular formula is C20H22ClFN2O2S. The Morgan fingerprint density at radius 2 is 1.96 bits per heavy atom. The van der Waals surface area contributed by atoms with Crippen molar-refractivity contribution in [1.82, 2.24) is 9.62 Å². The van der Waals surface area contributed by atoms with Crippen molar-refractivity contribution < 1.29 is 13.9 Å². The lowest BCUT2D eigenvalue weighted by Gasteiger charge is -2.30. The van der Waals surface area contributed by atoms with Gasteiger partial charge in [-0.3, -0.25) is 4.79 Å². The summed E-state index contributed by atoms with van der Waals surface area (Å²) in [6, 6.07) is 11.8. The summed E-state index contributed by atoms with van der Waals surface area (Å²) >= 11 is 7.75. The lowest BCUT2D eigenvalue weighted by molar-refractivity contribution is -0.126. The molecule has 1 aliphatic heterocycles.